The summed E-state index contributed by atoms with van der Waals surface area (Å²) in [6, 6.07) is 4.43. The van der Waals surface area contributed by atoms with Crippen LogP contribution in [0.15, 0.2) is 29.3 Å². The molecule has 4 atom stereocenters. The molecule has 0 spiro atoms. The van der Waals surface area contributed by atoms with Crippen molar-refractivity contribution in [3.05, 3.63) is 29.8 Å². The van der Waals surface area contributed by atoms with Gasteiger partial charge in [-0.05, 0) is 55.7 Å². The number of aliphatic carboxylic acids is 3. The molecule has 26 heteroatoms. The van der Waals surface area contributed by atoms with Crippen molar-refractivity contribution in [1.29, 1.82) is 0 Å². The molecular formula is C42H69N11O15. The van der Waals surface area contributed by atoms with Crippen LogP contribution in [0.4, 0.5) is 0 Å². The van der Waals surface area contributed by atoms with E-state index in [2.05, 4.69) is 26.3 Å². The summed E-state index contributed by atoms with van der Waals surface area (Å²) in [5.74, 6) is -8.79. The minimum Gasteiger partial charge on any atom is -0.494 e. The Kier molecular flexibility index (Phi) is 26.4. The Hall–Kier alpha value is -6.19. The number of nitrogens with two attached hydrogens (primary N) is 2. The molecule has 1 aromatic rings. The number of aliphatic imine (C=N–C) groups is 1. The molecule has 382 valence electrons. The van der Waals surface area contributed by atoms with Crippen LogP contribution in [0.2, 0.25) is 0 Å². The van der Waals surface area contributed by atoms with Gasteiger partial charge >= 0.3 is 17.9 Å². The quantitative estimate of drug-likeness (QED) is 0.00906. The monoisotopic (exact) mass is 967 g/mol. The van der Waals surface area contributed by atoms with Gasteiger partial charge in [-0.3, -0.25) is 63.3 Å². The maximum atomic E-state index is 14.2. The largest absolute Gasteiger partial charge is 0.494 e. The third-order valence-corrected chi connectivity index (χ3v) is 10.6. The van der Waals surface area contributed by atoms with Gasteiger partial charge in [-0.25, -0.2) is 5.48 Å². The molecule has 0 radical (unpaired) electrons. The lowest BCUT2D eigenvalue weighted by Gasteiger charge is -2.29. The third-order valence-electron chi connectivity index (χ3n) is 10.6. The summed E-state index contributed by atoms with van der Waals surface area (Å²) in [5, 5.41) is 67.1. The number of nitrogens with zero attached hydrogens (tertiary/aromatic N) is 4. The van der Waals surface area contributed by atoms with E-state index in [1.807, 2.05) is 13.8 Å². The fourth-order valence-corrected chi connectivity index (χ4v) is 7.40. The molecule has 0 unspecified atom stereocenters. The average molecular weight is 968 g/mol. The first kappa shape index (κ1) is 57.9. The van der Waals surface area contributed by atoms with Crippen molar-refractivity contribution in [3.63, 3.8) is 0 Å². The highest BCUT2D eigenvalue weighted by atomic mass is 16.5. The van der Waals surface area contributed by atoms with Crippen LogP contribution in [-0.4, -0.2) is 202 Å². The third kappa shape index (κ3) is 24.0. The van der Waals surface area contributed by atoms with E-state index < -0.39 is 104 Å². The number of guanidine groups is 1. The molecule has 2 aliphatic rings. The van der Waals surface area contributed by atoms with Crippen molar-refractivity contribution in [2.45, 2.75) is 70.7 Å². The predicted molar refractivity (Wildman–Crippen MR) is 241 cm³/mol. The summed E-state index contributed by atoms with van der Waals surface area (Å²) in [7, 11) is 0. The number of aliphatic hydroxyl groups excluding tert-OH is 1. The van der Waals surface area contributed by atoms with Crippen molar-refractivity contribution in [2.75, 3.05) is 85.1 Å². The van der Waals surface area contributed by atoms with Gasteiger partial charge < -0.3 is 63.0 Å². The zero-order chi connectivity index (χ0) is 50.8. The number of rotatable bonds is 29. The van der Waals surface area contributed by atoms with E-state index in [0.29, 0.717) is 17.7 Å². The molecule has 2 aliphatic heterocycles. The van der Waals surface area contributed by atoms with Crippen LogP contribution in [0.5, 0.6) is 5.75 Å². The molecule has 0 aliphatic carbocycles. The van der Waals surface area contributed by atoms with Gasteiger partial charge in [0.1, 0.15) is 17.8 Å². The summed E-state index contributed by atoms with van der Waals surface area (Å²) < 4.78 is 5.84. The SMILES string of the molecule is CC(C)C[C@H]1C(=O)N[C@H](C(=O)N[C@@H](CCCN=C(N)N)C(=O)NCCNC(=O)CN(CCN(CC(=O)O)CC(=O)O)CCN(CC(=O)O)CC(O)O)Cc2ccc(cc2)OCCC[C@@H]1C(=O)NO. The van der Waals surface area contributed by atoms with Crippen LogP contribution in [0.1, 0.15) is 51.5 Å². The van der Waals surface area contributed by atoms with Gasteiger partial charge in [0.25, 0.3) is 0 Å². The van der Waals surface area contributed by atoms with Crippen LogP contribution < -0.4 is 43.0 Å². The number of carbonyl (C=O) groups is 8. The molecule has 26 nitrogen and oxygen atoms in total. The number of hydrogen-bond donors (Lipinski definition) is 13. The Balaban J connectivity index is 2.27. The summed E-state index contributed by atoms with van der Waals surface area (Å²) in [6.45, 7) is 0.958. The van der Waals surface area contributed by atoms with Gasteiger partial charge in [0.05, 0.1) is 38.7 Å². The second-order valence-corrected chi connectivity index (χ2v) is 16.8. The zero-order valence-electron chi connectivity index (χ0n) is 38.5. The van der Waals surface area contributed by atoms with Crippen LogP contribution in [0.3, 0.4) is 0 Å². The van der Waals surface area contributed by atoms with Crippen molar-refractivity contribution >= 4 is 53.4 Å². The lowest BCUT2D eigenvalue weighted by molar-refractivity contribution is -0.142. The smallest absolute Gasteiger partial charge is 0.317 e. The van der Waals surface area contributed by atoms with Gasteiger partial charge in [-0.2, -0.15) is 0 Å². The van der Waals surface area contributed by atoms with Crippen molar-refractivity contribution in [1.82, 2.24) is 41.4 Å². The zero-order valence-corrected chi connectivity index (χ0v) is 38.5. The highest BCUT2D eigenvalue weighted by Crippen LogP contribution is 2.27. The van der Waals surface area contributed by atoms with Crippen LogP contribution in [0, 0.1) is 17.8 Å². The first-order valence-electron chi connectivity index (χ1n) is 22.2. The molecule has 0 saturated heterocycles. The van der Waals surface area contributed by atoms with Crippen LogP contribution in [-0.2, 0) is 44.8 Å². The van der Waals surface area contributed by atoms with Crippen molar-refractivity contribution in [3.8, 4) is 5.75 Å². The second-order valence-electron chi connectivity index (χ2n) is 16.8. The summed E-state index contributed by atoms with van der Waals surface area (Å²) in [5.41, 5.74) is 13.3. The number of aliphatic hydroxyl groups is 2. The van der Waals surface area contributed by atoms with E-state index in [9.17, 15) is 69.1 Å². The standard InChI is InChI=1S/C42H69N11O15/c1-26(2)19-30-29(39(64)50-67)5-4-18-68-28-9-7-27(8-10-28)20-32(49-38(30)63)41(66)48-31(6-3-11-47-42(43)44)40(65)46-13-12-45-33(54)21-51(14-16-52(22-34(55)56)23-35(57)58)15-17-53(24-36(59)60)25-37(61)62/h7-10,26,29-32,34,55-56,67H,3-6,11-25H2,1-2H3,(H,45,54)(H,46,65)(H,48,66)(H,49,63)(H,50,64)(H,57,58)(H,59,60)(H,61,62)(H4,43,44,47)/t29-,30+,31-,32-/m0/s1. The number of carbonyl (C=O) groups excluding carboxylic acids is 5. The molecule has 0 aromatic heterocycles. The lowest BCUT2D eigenvalue weighted by Crippen LogP contribution is -2.56. The van der Waals surface area contributed by atoms with Gasteiger partial charge in [-0.15, -0.1) is 0 Å². The van der Waals surface area contributed by atoms with E-state index in [-0.39, 0.29) is 103 Å². The number of ether oxygens (including phenoxy) is 1. The fourth-order valence-electron chi connectivity index (χ4n) is 7.40. The predicted octanol–water partition coefficient (Wildman–Crippen LogP) is -4.09. The molecule has 68 heavy (non-hydrogen) atoms. The second kappa shape index (κ2) is 31.0. The normalized spacial score (nSPS) is 16.9. The number of carboxylic acid groups (broad SMARTS) is 3. The Morgan fingerprint density at radius 3 is 2.00 bits per heavy atom. The van der Waals surface area contributed by atoms with Crippen LogP contribution in [0.25, 0.3) is 0 Å². The lowest BCUT2D eigenvalue weighted by atomic mass is 9.81. The minimum atomic E-state index is -1.87. The highest BCUT2D eigenvalue weighted by Gasteiger charge is 2.37. The maximum Gasteiger partial charge on any atom is 0.317 e. The molecule has 1 aromatic carbocycles. The fraction of sp³-hybridized carbons (Fsp3) is 0.643. The molecule has 5 amide bonds. The first-order chi connectivity index (χ1) is 32.2. The highest BCUT2D eigenvalue weighted by molar-refractivity contribution is 5.94. The maximum absolute atomic E-state index is 14.2. The van der Waals surface area contributed by atoms with Crippen molar-refractivity contribution < 1.29 is 73.8 Å². The van der Waals surface area contributed by atoms with Gasteiger partial charge in [0.15, 0.2) is 12.2 Å². The number of hydrogen-bond acceptors (Lipinski definition) is 16. The van der Waals surface area contributed by atoms with E-state index in [1.165, 1.54) is 9.80 Å². The molecule has 0 fully saturated rings. The van der Waals surface area contributed by atoms with E-state index in [1.54, 1.807) is 29.7 Å². The number of hydroxylamine groups is 1. The Morgan fingerprint density at radius 2 is 1.43 bits per heavy atom. The van der Waals surface area contributed by atoms with Gasteiger partial charge in [0.2, 0.25) is 29.5 Å². The number of carboxylic acids is 3. The number of amides is 5. The summed E-state index contributed by atoms with van der Waals surface area (Å²) in [6.07, 6.45) is -0.813. The van der Waals surface area contributed by atoms with Gasteiger partial charge in [-0.1, -0.05) is 26.0 Å². The molecule has 2 heterocycles. The molecule has 2 bridgehead atoms. The van der Waals surface area contributed by atoms with E-state index >= 15 is 0 Å². The Labute approximate surface area is 393 Å². The summed E-state index contributed by atoms with van der Waals surface area (Å²) >= 11 is 0. The minimum absolute atomic E-state index is 0.0212. The summed E-state index contributed by atoms with van der Waals surface area (Å²) in [4.78, 5) is 110. The van der Waals surface area contributed by atoms with Crippen LogP contribution >= 0.6 is 0 Å². The topological polar surface area (TPSA) is 401 Å². The van der Waals surface area contributed by atoms with E-state index in [4.69, 9.17) is 16.2 Å². The first-order valence-corrected chi connectivity index (χ1v) is 22.2. The number of nitrogens with one attached hydrogen (secondary N) is 5. The van der Waals surface area contributed by atoms with E-state index in [0.717, 1.165) is 4.90 Å². The Bertz CT molecular complexity index is 1820. The average Bonchev–Trinajstić information content (AvgIpc) is 3.25. The number of fused-ring (bicyclic) bond motifs is 11. The molecule has 15 N–H and O–H groups in total. The Morgan fingerprint density at radius 1 is 0.838 bits per heavy atom. The van der Waals surface area contributed by atoms with Gasteiger partial charge in [0, 0.05) is 64.7 Å². The number of benzene rings is 1. The molecule has 3 rings (SSSR count). The molecular weight excluding hydrogens is 899 g/mol. The van der Waals surface area contributed by atoms with Crippen molar-refractivity contribution in [2.24, 2.45) is 34.2 Å². The molecule has 0 saturated carbocycles.